The molecule has 0 aliphatic rings. The highest BCUT2D eigenvalue weighted by molar-refractivity contribution is 5.83. The molecule has 2 atom stereocenters. The van der Waals surface area contributed by atoms with Crippen molar-refractivity contribution in [3.63, 3.8) is 0 Å². The fraction of sp³-hybridized carbons (Fsp3) is 0.308. The first-order valence-corrected chi connectivity index (χ1v) is 6.07. The molecule has 0 bridgehead atoms. The molecule has 4 N–H and O–H groups in total. The number of hydrogen-bond donors (Lipinski definition) is 4. The number of para-hydroxylation sites is 1. The topological polar surface area (TPSA) is 145 Å². The van der Waals surface area contributed by atoms with Crippen molar-refractivity contribution in [1.82, 2.24) is 0 Å². The zero-order valence-electron chi connectivity index (χ0n) is 12.0. The second-order valence-corrected chi connectivity index (χ2v) is 4.00. The van der Waals surface area contributed by atoms with Crippen molar-refractivity contribution in [3.05, 3.63) is 30.3 Å². The number of halogens is 1. The number of esters is 1. The van der Waals surface area contributed by atoms with Crippen LogP contribution in [-0.4, -0.2) is 64.2 Å². The van der Waals surface area contributed by atoms with E-state index in [1.165, 1.54) is 7.11 Å². The SMILES string of the molecule is COC(=O)CN(F)c1ccccc1.O=C(O)C(O)C(O)C(=O)O. The largest absolute Gasteiger partial charge is 0.479 e. The van der Waals surface area contributed by atoms with Crippen molar-refractivity contribution < 1.29 is 44.0 Å². The minimum atomic E-state index is -2.27. The van der Waals surface area contributed by atoms with Gasteiger partial charge in [0.15, 0.2) is 12.2 Å². The number of carboxylic acids is 2. The molecular formula is C13H16FNO8. The highest BCUT2D eigenvalue weighted by Gasteiger charge is 2.29. The number of carbonyl (C=O) groups excluding carboxylic acids is 1. The number of carboxylic acid groups (broad SMARTS) is 2. The number of anilines is 1. The number of aliphatic hydroxyl groups excluding tert-OH is 2. The van der Waals surface area contributed by atoms with Crippen LogP contribution in [0, 0.1) is 0 Å². The Hall–Kier alpha value is -2.72. The zero-order chi connectivity index (χ0) is 18.0. The molecule has 23 heavy (non-hydrogen) atoms. The summed E-state index contributed by atoms with van der Waals surface area (Å²) in [7, 11) is 1.22. The number of methoxy groups -OCH3 is 1. The van der Waals surface area contributed by atoms with E-state index in [1.807, 2.05) is 0 Å². The van der Waals surface area contributed by atoms with Gasteiger partial charge in [-0.3, -0.25) is 4.79 Å². The molecule has 128 valence electrons. The summed E-state index contributed by atoms with van der Waals surface area (Å²) in [6.07, 6.45) is -4.53. The Morgan fingerprint density at radius 2 is 1.52 bits per heavy atom. The highest BCUT2D eigenvalue weighted by atomic mass is 19.2. The van der Waals surface area contributed by atoms with Gasteiger partial charge in [0.25, 0.3) is 0 Å². The maximum Gasteiger partial charge on any atom is 0.335 e. The van der Waals surface area contributed by atoms with E-state index in [0.29, 0.717) is 10.8 Å². The first-order valence-electron chi connectivity index (χ1n) is 6.07. The van der Waals surface area contributed by atoms with Crippen LogP contribution in [0.2, 0.25) is 0 Å². The second kappa shape index (κ2) is 10.1. The molecule has 0 aliphatic carbocycles. The van der Waals surface area contributed by atoms with Gasteiger partial charge in [-0.25, -0.2) is 14.7 Å². The van der Waals surface area contributed by atoms with E-state index in [4.69, 9.17) is 20.4 Å². The van der Waals surface area contributed by atoms with Gasteiger partial charge >= 0.3 is 17.9 Å². The van der Waals surface area contributed by atoms with Crippen molar-refractivity contribution >= 4 is 23.6 Å². The van der Waals surface area contributed by atoms with Gasteiger partial charge in [0, 0.05) is 0 Å². The van der Waals surface area contributed by atoms with E-state index in [9.17, 15) is 18.9 Å². The monoisotopic (exact) mass is 333 g/mol. The molecule has 0 spiro atoms. The summed E-state index contributed by atoms with van der Waals surface area (Å²) in [5.74, 6) is -4.14. The van der Waals surface area contributed by atoms with E-state index in [0.717, 1.165) is 0 Å². The third-order valence-electron chi connectivity index (χ3n) is 2.34. The van der Waals surface area contributed by atoms with Crippen molar-refractivity contribution in [2.45, 2.75) is 12.2 Å². The number of benzene rings is 1. The summed E-state index contributed by atoms with van der Waals surface area (Å²) >= 11 is 0. The number of nitrogens with zero attached hydrogens (tertiary/aromatic N) is 1. The van der Waals surface area contributed by atoms with Gasteiger partial charge in [0.05, 0.1) is 12.8 Å². The fourth-order valence-corrected chi connectivity index (χ4v) is 1.13. The van der Waals surface area contributed by atoms with Crippen LogP contribution in [0.3, 0.4) is 0 Å². The third-order valence-corrected chi connectivity index (χ3v) is 2.34. The van der Waals surface area contributed by atoms with Gasteiger partial charge < -0.3 is 25.2 Å². The summed E-state index contributed by atoms with van der Waals surface area (Å²) in [5.41, 5.74) is 0.341. The van der Waals surface area contributed by atoms with Crippen molar-refractivity contribution in [1.29, 1.82) is 0 Å². The summed E-state index contributed by atoms with van der Waals surface area (Å²) in [6, 6.07) is 8.31. The molecule has 9 nitrogen and oxygen atoms in total. The Morgan fingerprint density at radius 1 is 1.09 bits per heavy atom. The molecule has 0 aromatic heterocycles. The molecule has 0 heterocycles. The van der Waals surface area contributed by atoms with Gasteiger partial charge in [0.1, 0.15) is 6.54 Å². The zero-order valence-corrected chi connectivity index (χ0v) is 12.0. The minimum Gasteiger partial charge on any atom is -0.479 e. The average molecular weight is 333 g/mol. The number of hydrogen-bond acceptors (Lipinski definition) is 7. The van der Waals surface area contributed by atoms with Crippen LogP contribution in [0.5, 0.6) is 0 Å². The minimum absolute atomic E-state index is 0.339. The van der Waals surface area contributed by atoms with E-state index in [-0.39, 0.29) is 6.54 Å². The van der Waals surface area contributed by atoms with E-state index < -0.39 is 30.1 Å². The maximum atomic E-state index is 13.1. The molecule has 1 rings (SSSR count). The smallest absolute Gasteiger partial charge is 0.335 e. The molecule has 0 amide bonds. The predicted molar refractivity (Wildman–Crippen MR) is 74.2 cm³/mol. The summed E-state index contributed by atoms with van der Waals surface area (Å²) in [5, 5.41) is 32.9. The maximum absolute atomic E-state index is 13.1. The molecule has 0 aliphatic heterocycles. The number of carbonyl (C=O) groups is 3. The standard InChI is InChI=1S/C9H10FNO2.C4H6O6/c1-13-9(12)7-11(10)8-5-3-2-4-6-8;5-1(3(7)8)2(6)4(9)10/h2-6H,7H2,1H3;1-2,5-6H,(H,7,8)(H,9,10). The normalized spacial score (nSPS) is 12.2. The van der Waals surface area contributed by atoms with Crippen LogP contribution in [0.4, 0.5) is 10.2 Å². The van der Waals surface area contributed by atoms with Crippen LogP contribution < -0.4 is 5.12 Å². The number of aliphatic hydroxyl groups is 2. The molecular weight excluding hydrogens is 317 g/mol. The Morgan fingerprint density at radius 3 is 1.87 bits per heavy atom. The van der Waals surface area contributed by atoms with Crippen LogP contribution in [0.1, 0.15) is 0 Å². The number of ether oxygens (including phenoxy) is 1. The van der Waals surface area contributed by atoms with Gasteiger partial charge in [-0.1, -0.05) is 22.7 Å². The average Bonchev–Trinajstić information content (AvgIpc) is 2.54. The number of aliphatic carboxylic acids is 2. The quantitative estimate of drug-likeness (QED) is 0.397. The second-order valence-electron chi connectivity index (χ2n) is 4.00. The summed E-state index contributed by atoms with van der Waals surface area (Å²) in [4.78, 5) is 30.2. The van der Waals surface area contributed by atoms with Crippen LogP contribution in [-0.2, 0) is 19.1 Å². The lowest BCUT2D eigenvalue weighted by molar-refractivity contribution is -0.165. The molecule has 0 saturated carbocycles. The van der Waals surface area contributed by atoms with Crippen LogP contribution in [0.15, 0.2) is 30.3 Å². The fourth-order valence-electron chi connectivity index (χ4n) is 1.13. The summed E-state index contributed by atoms with van der Waals surface area (Å²) in [6.45, 7) is -0.388. The van der Waals surface area contributed by atoms with Crippen LogP contribution >= 0.6 is 0 Å². The third kappa shape index (κ3) is 7.74. The molecule has 1 aromatic carbocycles. The first-order chi connectivity index (χ1) is 10.7. The Balaban J connectivity index is 0.000000438. The molecule has 2 unspecified atom stereocenters. The lowest BCUT2D eigenvalue weighted by atomic mass is 10.2. The molecule has 0 fully saturated rings. The van der Waals surface area contributed by atoms with E-state index >= 15 is 0 Å². The lowest BCUT2D eigenvalue weighted by Crippen LogP contribution is -2.39. The first kappa shape index (κ1) is 20.3. The van der Waals surface area contributed by atoms with Crippen molar-refractivity contribution in [2.24, 2.45) is 0 Å². The Labute approximate surface area is 130 Å². The van der Waals surface area contributed by atoms with Gasteiger partial charge in [-0.05, 0) is 12.1 Å². The molecule has 0 radical (unpaired) electrons. The van der Waals surface area contributed by atoms with Crippen molar-refractivity contribution in [3.8, 4) is 0 Å². The van der Waals surface area contributed by atoms with E-state index in [2.05, 4.69) is 4.74 Å². The van der Waals surface area contributed by atoms with Crippen LogP contribution in [0.25, 0.3) is 0 Å². The molecule has 10 heteroatoms. The highest BCUT2D eigenvalue weighted by Crippen LogP contribution is 2.12. The van der Waals surface area contributed by atoms with Gasteiger partial charge in [0.2, 0.25) is 0 Å². The van der Waals surface area contributed by atoms with E-state index in [1.54, 1.807) is 30.3 Å². The lowest BCUT2D eigenvalue weighted by Gasteiger charge is -2.11. The molecule has 1 aromatic rings. The summed E-state index contributed by atoms with van der Waals surface area (Å²) < 4.78 is 17.4. The Kier molecular flexibility index (Phi) is 8.89. The predicted octanol–water partition coefficient (Wildman–Crippen LogP) is -0.572. The number of rotatable bonds is 6. The van der Waals surface area contributed by atoms with Gasteiger partial charge in [-0.15, -0.1) is 0 Å². The van der Waals surface area contributed by atoms with Gasteiger partial charge in [-0.2, -0.15) is 0 Å². The van der Waals surface area contributed by atoms with Crippen molar-refractivity contribution in [2.75, 3.05) is 18.8 Å². The Bertz CT molecular complexity index is 506. The molecule has 0 saturated heterocycles.